The molecule has 0 atom stereocenters. The van der Waals surface area contributed by atoms with Gasteiger partial charge in [-0.25, -0.2) is 8.42 Å². The number of sulfone groups is 1. The van der Waals surface area contributed by atoms with E-state index in [0.717, 1.165) is 30.4 Å². The fourth-order valence-corrected chi connectivity index (χ4v) is 3.48. The first-order valence-electron chi connectivity index (χ1n) is 7.39. The lowest BCUT2D eigenvalue weighted by atomic mass is 10.1. The van der Waals surface area contributed by atoms with Gasteiger partial charge in [-0.1, -0.05) is 41.0 Å². The third kappa shape index (κ3) is 6.76. The van der Waals surface area contributed by atoms with Crippen molar-refractivity contribution in [1.82, 2.24) is 0 Å². The van der Waals surface area contributed by atoms with E-state index >= 15 is 0 Å². The summed E-state index contributed by atoms with van der Waals surface area (Å²) in [5, 5.41) is 0. The molecule has 0 spiro atoms. The number of allylic oxidation sites excluding steroid dienone is 3. The second-order valence-electron chi connectivity index (χ2n) is 5.83. The van der Waals surface area contributed by atoms with Gasteiger partial charge < -0.3 is 0 Å². The van der Waals surface area contributed by atoms with Crippen LogP contribution in [0, 0.1) is 6.92 Å². The average Bonchev–Trinajstić information content (AvgIpc) is 2.37. The number of hydrogen-bond donors (Lipinski definition) is 0. The second kappa shape index (κ2) is 8.18. The van der Waals surface area contributed by atoms with Crippen molar-refractivity contribution in [2.24, 2.45) is 0 Å². The highest BCUT2D eigenvalue weighted by molar-refractivity contribution is 7.91. The highest BCUT2D eigenvalue weighted by Crippen LogP contribution is 2.15. The van der Waals surface area contributed by atoms with Gasteiger partial charge in [0.25, 0.3) is 0 Å². The van der Waals surface area contributed by atoms with Gasteiger partial charge in [-0.3, -0.25) is 0 Å². The fourth-order valence-electron chi connectivity index (χ4n) is 2.04. The highest BCUT2D eigenvalue weighted by Gasteiger charge is 2.14. The molecule has 0 aliphatic carbocycles. The predicted molar refractivity (Wildman–Crippen MR) is 90.3 cm³/mol. The molecule has 0 heterocycles. The Hall–Kier alpha value is -1.35. The molecule has 0 saturated carbocycles. The maximum atomic E-state index is 12.3. The molecule has 1 aromatic carbocycles. The summed E-state index contributed by atoms with van der Waals surface area (Å²) < 4.78 is 24.6. The van der Waals surface area contributed by atoms with E-state index in [4.69, 9.17) is 0 Å². The number of unbranched alkanes of at least 4 members (excludes halogenated alkanes) is 2. The van der Waals surface area contributed by atoms with Gasteiger partial charge in [0.2, 0.25) is 0 Å². The second-order valence-corrected chi connectivity index (χ2v) is 7.82. The summed E-state index contributed by atoms with van der Waals surface area (Å²) in [4.78, 5) is 0.408. The van der Waals surface area contributed by atoms with Gasteiger partial charge in [0.15, 0.2) is 9.84 Å². The van der Waals surface area contributed by atoms with Gasteiger partial charge in [0, 0.05) is 0 Å². The quantitative estimate of drug-likeness (QED) is 0.533. The van der Waals surface area contributed by atoms with E-state index in [-0.39, 0.29) is 5.75 Å². The minimum absolute atomic E-state index is 0.110. The summed E-state index contributed by atoms with van der Waals surface area (Å²) >= 11 is 0. The van der Waals surface area contributed by atoms with E-state index in [1.807, 2.05) is 32.1 Å². The monoisotopic (exact) mass is 306 g/mol. The molecule has 0 aromatic heterocycles. The van der Waals surface area contributed by atoms with Gasteiger partial charge in [-0.05, 0) is 59.1 Å². The summed E-state index contributed by atoms with van der Waals surface area (Å²) in [7, 11) is -3.21. The molecule has 1 rings (SSSR count). The molecule has 0 fully saturated rings. The first kappa shape index (κ1) is 17.7. The Morgan fingerprint density at radius 1 is 1.00 bits per heavy atom. The van der Waals surface area contributed by atoms with E-state index in [2.05, 4.69) is 19.9 Å². The van der Waals surface area contributed by atoms with Crippen LogP contribution in [-0.2, 0) is 9.84 Å². The molecule has 0 aliphatic rings. The summed E-state index contributed by atoms with van der Waals surface area (Å²) in [6, 6.07) is 7.05. The predicted octanol–water partition coefficient (Wildman–Crippen LogP) is 4.85. The smallest absolute Gasteiger partial charge is 0.182 e. The van der Waals surface area contributed by atoms with E-state index in [1.165, 1.54) is 5.57 Å². The normalized spacial score (nSPS) is 12.3. The molecule has 3 heteroatoms. The van der Waals surface area contributed by atoms with Gasteiger partial charge in [0.05, 0.1) is 10.6 Å². The lowest BCUT2D eigenvalue weighted by molar-refractivity contribution is 0.598. The molecule has 0 unspecified atom stereocenters. The van der Waals surface area contributed by atoms with Crippen molar-refractivity contribution in [2.45, 2.75) is 51.9 Å². The fraction of sp³-hybridized carbons (Fsp3) is 0.444. The largest absolute Gasteiger partial charge is 0.223 e. The molecule has 0 aliphatic heterocycles. The maximum absolute atomic E-state index is 12.3. The third-order valence-electron chi connectivity index (χ3n) is 3.25. The van der Waals surface area contributed by atoms with E-state index in [9.17, 15) is 8.42 Å². The zero-order valence-corrected chi connectivity index (χ0v) is 14.3. The topological polar surface area (TPSA) is 34.1 Å². The lowest BCUT2D eigenvalue weighted by Gasteiger charge is -2.05. The summed E-state index contributed by atoms with van der Waals surface area (Å²) in [5.74, 6) is 0.110. The standard InChI is InChI=1S/C18H26O2S/c1-15(2)8-6-5-7-9-17(4)14-21(19,20)18-12-10-16(3)11-13-18/h8-13H,5-7,14H2,1-4H3/b17-9+. The van der Waals surface area contributed by atoms with Crippen molar-refractivity contribution in [3.63, 3.8) is 0 Å². The summed E-state index contributed by atoms with van der Waals surface area (Å²) in [6.07, 6.45) is 7.31. The van der Waals surface area contributed by atoms with Crippen LogP contribution in [0.4, 0.5) is 0 Å². The minimum atomic E-state index is -3.21. The SMILES string of the molecule is CC(C)=CCCC/C=C(\C)CS(=O)(=O)c1ccc(C)cc1. The van der Waals surface area contributed by atoms with Crippen molar-refractivity contribution in [3.8, 4) is 0 Å². The van der Waals surface area contributed by atoms with Crippen molar-refractivity contribution < 1.29 is 8.42 Å². The van der Waals surface area contributed by atoms with Crippen molar-refractivity contribution >= 4 is 9.84 Å². The molecule has 1 aromatic rings. The first-order chi connectivity index (χ1) is 9.81. The lowest BCUT2D eigenvalue weighted by Crippen LogP contribution is -2.07. The Kier molecular flexibility index (Phi) is 6.90. The van der Waals surface area contributed by atoms with Crippen molar-refractivity contribution in [2.75, 3.05) is 5.75 Å². The van der Waals surface area contributed by atoms with Gasteiger partial charge >= 0.3 is 0 Å². The van der Waals surface area contributed by atoms with Crippen LogP contribution >= 0.6 is 0 Å². The molecule has 0 amide bonds. The van der Waals surface area contributed by atoms with E-state index in [1.54, 1.807) is 12.1 Å². The molecule has 0 bridgehead atoms. The number of aryl methyl sites for hydroxylation is 1. The van der Waals surface area contributed by atoms with Crippen LogP contribution in [0.15, 0.2) is 52.5 Å². The molecule has 0 radical (unpaired) electrons. The number of rotatable bonds is 7. The van der Waals surface area contributed by atoms with Crippen LogP contribution in [0.3, 0.4) is 0 Å². The van der Waals surface area contributed by atoms with Gasteiger partial charge in [0.1, 0.15) is 0 Å². The Bertz CT molecular complexity index is 601. The minimum Gasteiger partial charge on any atom is -0.223 e. The van der Waals surface area contributed by atoms with Crippen LogP contribution in [0.25, 0.3) is 0 Å². The van der Waals surface area contributed by atoms with Crippen molar-refractivity contribution in [3.05, 3.63) is 53.1 Å². The van der Waals surface area contributed by atoms with Crippen LogP contribution in [0.1, 0.15) is 45.6 Å². The van der Waals surface area contributed by atoms with Crippen LogP contribution in [0.5, 0.6) is 0 Å². The molecule has 116 valence electrons. The first-order valence-corrected chi connectivity index (χ1v) is 9.05. The molecule has 2 nitrogen and oxygen atoms in total. The number of hydrogen-bond acceptors (Lipinski definition) is 2. The molecular formula is C18H26O2S. The Morgan fingerprint density at radius 2 is 1.57 bits per heavy atom. The van der Waals surface area contributed by atoms with Gasteiger partial charge in [-0.15, -0.1) is 0 Å². The van der Waals surface area contributed by atoms with E-state index in [0.29, 0.717) is 4.90 Å². The maximum Gasteiger partial charge on any atom is 0.182 e. The Labute approximate surface area is 129 Å². The summed E-state index contributed by atoms with van der Waals surface area (Å²) in [6.45, 7) is 8.03. The number of benzene rings is 1. The average molecular weight is 306 g/mol. The zero-order chi connectivity index (χ0) is 15.9. The molecule has 0 saturated heterocycles. The third-order valence-corrected chi connectivity index (χ3v) is 5.08. The van der Waals surface area contributed by atoms with Crippen LogP contribution in [0.2, 0.25) is 0 Å². The van der Waals surface area contributed by atoms with Crippen LogP contribution in [-0.4, -0.2) is 14.2 Å². The van der Waals surface area contributed by atoms with E-state index < -0.39 is 9.84 Å². The summed E-state index contributed by atoms with van der Waals surface area (Å²) in [5.41, 5.74) is 3.32. The van der Waals surface area contributed by atoms with Crippen LogP contribution < -0.4 is 0 Å². The molecule has 21 heavy (non-hydrogen) atoms. The molecular weight excluding hydrogens is 280 g/mol. The Balaban J connectivity index is 2.58. The highest BCUT2D eigenvalue weighted by atomic mass is 32.2. The van der Waals surface area contributed by atoms with Gasteiger partial charge in [-0.2, -0.15) is 0 Å². The van der Waals surface area contributed by atoms with Crippen molar-refractivity contribution in [1.29, 1.82) is 0 Å². The zero-order valence-electron chi connectivity index (χ0n) is 13.5. The molecule has 0 N–H and O–H groups in total. The Morgan fingerprint density at radius 3 is 2.14 bits per heavy atom.